The second-order valence-electron chi connectivity index (χ2n) is 9.37. The maximum atomic E-state index is 12.5. The molecule has 0 saturated carbocycles. The molecule has 0 fully saturated rings. The van der Waals surface area contributed by atoms with Crippen molar-refractivity contribution in [1.29, 1.82) is 0 Å². The van der Waals surface area contributed by atoms with Crippen LogP contribution in [0.15, 0.2) is 130 Å². The first kappa shape index (κ1) is 31.5. The lowest BCUT2D eigenvalue weighted by Crippen LogP contribution is -2.49. The average Bonchev–Trinajstić information content (AvgIpc) is 3.05. The number of nitrogens with one attached hydrogen (secondary N) is 2. The lowest BCUT2D eigenvalue weighted by molar-refractivity contribution is -0.122. The van der Waals surface area contributed by atoms with Crippen molar-refractivity contribution in [2.75, 3.05) is 10.0 Å². The quantitative estimate of drug-likeness (QED) is 0.123. The van der Waals surface area contributed by atoms with Gasteiger partial charge in [0.2, 0.25) is 11.8 Å². The Morgan fingerprint density at radius 3 is 1.11 bits per heavy atom. The number of amides is 6. The first-order chi connectivity index (χ1) is 21.8. The number of carbonyl (C=O) groups is 4. The van der Waals surface area contributed by atoms with E-state index < -0.39 is 23.9 Å². The van der Waals surface area contributed by atoms with Gasteiger partial charge in [-0.3, -0.25) is 20.4 Å². The molecule has 45 heavy (non-hydrogen) atoms. The molecule has 0 aliphatic rings. The van der Waals surface area contributed by atoms with E-state index in [1.165, 1.54) is 0 Å². The molecule has 6 N–H and O–H groups in total. The lowest BCUT2D eigenvalue weighted by atomic mass is 10.2. The summed E-state index contributed by atoms with van der Waals surface area (Å²) in [5.41, 5.74) is 18.8. The number of hydrogen-bond donors (Lipinski definition) is 4. The number of benzene rings is 4. The Bertz CT molecular complexity index is 1540. The molecular weight excluding hydrogens is 576 g/mol. The molecule has 0 saturated heterocycles. The van der Waals surface area contributed by atoms with Crippen LogP contribution in [0.4, 0.5) is 43.7 Å². The Hall–Kier alpha value is -6.44. The zero-order valence-electron chi connectivity index (χ0n) is 24.0. The number of primary amides is 2. The minimum atomic E-state index is -0.913. The Morgan fingerprint density at radius 1 is 0.489 bits per heavy atom. The summed E-state index contributed by atoms with van der Waals surface area (Å²) >= 11 is 0. The van der Waals surface area contributed by atoms with Crippen LogP contribution >= 0.6 is 0 Å². The van der Waals surface area contributed by atoms with Gasteiger partial charge >= 0.3 is 12.1 Å². The van der Waals surface area contributed by atoms with Crippen LogP contribution in [-0.2, 0) is 9.59 Å². The van der Waals surface area contributed by atoms with Gasteiger partial charge in [0.15, 0.2) is 0 Å². The van der Waals surface area contributed by atoms with Crippen LogP contribution in [0, 0.1) is 0 Å². The molecule has 4 aromatic rings. The molecule has 0 aliphatic heterocycles. The Morgan fingerprint density at radius 2 is 0.800 bits per heavy atom. The van der Waals surface area contributed by atoms with Crippen LogP contribution in [0.3, 0.4) is 0 Å². The third kappa shape index (κ3) is 9.82. The average molecular weight is 607 g/mol. The third-order valence-corrected chi connectivity index (χ3v) is 6.01. The number of hydrazine groups is 2. The standard InChI is InChI=1S/C31H30N10O4/c32-30(44)40(26-18-14-24(15-19-26)36-34-22-8-3-1-4-9-22)38-28(42)12-7-13-29(43)39-41(31(33)45)27-20-16-25(17-21-27)37-35-23-10-5-2-6-11-23/h1-6,8-11,14-21H,7,12-13H2,(H2,32,44)(H2,33,45)(H,38,42)(H,39,43). The van der Waals surface area contributed by atoms with Gasteiger partial charge in [-0.05, 0) is 79.2 Å². The summed E-state index contributed by atoms with van der Waals surface area (Å²) in [6.07, 6.45) is -0.120. The van der Waals surface area contributed by atoms with Gasteiger partial charge in [-0.1, -0.05) is 36.4 Å². The fourth-order valence-corrected chi connectivity index (χ4v) is 3.82. The third-order valence-electron chi connectivity index (χ3n) is 6.01. The summed E-state index contributed by atoms with van der Waals surface area (Å²) in [6.45, 7) is 0. The molecule has 0 aromatic heterocycles. The number of nitrogens with zero attached hydrogens (tertiary/aromatic N) is 6. The highest BCUT2D eigenvalue weighted by Crippen LogP contribution is 2.23. The Labute approximate surface area is 258 Å². The molecule has 0 radical (unpaired) electrons. The number of anilines is 2. The zero-order chi connectivity index (χ0) is 32.0. The highest BCUT2D eigenvalue weighted by molar-refractivity contribution is 5.95. The van der Waals surface area contributed by atoms with Crippen molar-refractivity contribution in [3.05, 3.63) is 109 Å². The first-order valence-electron chi connectivity index (χ1n) is 13.7. The molecule has 0 unspecified atom stereocenters. The zero-order valence-corrected chi connectivity index (χ0v) is 24.0. The molecule has 0 spiro atoms. The highest BCUT2D eigenvalue weighted by atomic mass is 16.2. The van der Waals surface area contributed by atoms with Gasteiger partial charge < -0.3 is 11.5 Å². The van der Waals surface area contributed by atoms with Crippen molar-refractivity contribution in [1.82, 2.24) is 10.9 Å². The van der Waals surface area contributed by atoms with Crippen LogP contribution in [0.1, 0.15) is 19.3 Å². The van der Waals surface area contributed by atoms with Gasteiger partial charge in [-0.2, -0.15) is 20.5 Å². The van der Waals surface area contributed by atoms with Gasteiger partial charge in [0, 0.05) is 12.8 Å². The summed E-state index contributed by atoms with van der Waals surface area (Å²) in [4.78, 5) is 49.1. The van der Waals surface area contributed by atoms with Crippen molar-refractivity contribution in [2.24, 2.45) is 31.9 Å². The van der Waals surface area contributed by atoms with Crippen LogP contribution in [-0.4, -0.2) is 23.9 Å². The highest BCUT2D eigenvalue weighted by Gasteiger charge is 2.18. The number of azo groups is 2. The maximum absolute atomic E-state index is 12.5. The van der Waals surface area contributed by atoms with E-state index in [4.69, 9.17) is 11.5 Å². The molecule has 6 amide bonds. The summed E-state index contributed by atoms with van der Waals surface area (Å²) in [5.74, 6) is -1.11. The van der Waals surface area contributed by atoms with Gasteiger partial charge in [0.25, 0.3) is 0 Å². The van der Waals surface area contributed by atoms with E-state index in [2.05, 4.69) is 31.3 Å². The fourth-order valence-electron chi connectivity index (χ4n) is 3.82. The van der Waals surface area contributed by atoms with Crippen LogP contribution in [0.25, 0.3) is 0 Å². The molecule has 0 bridgehead atoms. The van der Waals surface area contributed by atoms with E-state index in [1.54, 1.807) is 72.8 Å². The normalized spacial score (nSPS) is 10.8. The number of carbonyl (C=O) groups excluding carboxylic acids is 4. The van der Waals surface area contributed by atoms with E-state index in [0.29, 0.717) is 34.1 Å². The molecule has 4 rings (SSSR count). The van der Waals surface area contributed by atoms with Crippen molar-refractivity contribution < 1.29 is 19.2 Å². The summed E-state index contributed by atoms with van der Waals surface area (Å²) in [6, 6.07) is 29.2. The van der Waals surface area contributed by atoms with Crippen LogP contribution in [0.5, 0.6) is 0 Å². The molecule has 0 heterocycles. The van der Waals surface area contributed by atoms with E-state index in [9.17, 15) is 19.2 Å². The molecule has 0 aliphatic carbocycles. The van der Waals surface area contributed by atoms with Gasteiger partial charge in [0.05, 0.1) is 34.1 Å². The van der Waals surface area contributed by atoms with E-state index in [1.807, 2.05) is 36.4 Å². The smallest absolute Gasteiger partial charge is 0.338 e. The number of hydrogen-bond acceptors (Lipinski definition) is 8. The molecule has 14 heteroatoms. The molecular formula is C31H30N10O4. The lowest BCUT2D eigenvalue weighted by Gasteiger charge is -2.22. The maximum Gasteiger partial charge on any atom is 0.338 e. The van der Waals surface area contributed by atoms with Gasteiger partial charge in [0.1, 0.15) is 0 Å². The summed E-state index contributed by atoms with van der Waals surface area (Å²) < 4.78 is 0. The predicted octanol–water partition coefficient (Wildman–Crippen LogP) is 6.22. The van der Waals surface area contributed by atoms with Gasteiger partial charge in [-0.25, -0.2) is 19.6 Å². The molecule has 14 nitrogen and oxygen atoms in total. The van der Waals surface area contributed by atoms with Crippen molar-refractivity contribution >= 4 is 58.0 Å². The predicted molar refractivity (Wildman–Crippen MR) is 168 cm³/mol. The molecule has 0 atom stereocenters. The van der Waals surface area contributed by atoms with Crippen molar-refractivity contribution in [2.45, 2.75) is 19.3 Å². The Kier molecular flexibility index (Phi) is 11.0. The minimum Gasteiger partial charge on any atom is -0.350 e. The molecule has 4 aromatic carbocycles. The Balaban J connectivity index is 1.26. The fraction of sp³-hybridized carbons (Fsp3) is 0.0968. The van der Waals surface area contributed by atoms with Crippen LogP contribution < -0.4 is 32.3 Å². The second kappa shape index (κ2) is 15.7. The minimum absolute atomic E-state index is 0.106. The van der Waals surface area contributed by atoms with E-state index >= 15 is 0 Å². The number of rotatable bonds is 10. The monoisotopic (exact) mass is 606 g/mol. The second-order valence-corrected chi connectivity index (χ2v) is 9.37. The number of urea groups is 2. The summed E-state index contributed by atoms with van der Waals surface area (Å²) in [5, 5.41) is 18.3. The van der Waals surface area contributed by atoms with Crippen molar-refractivity contribution in [3.63, 3.8) is 0 Å². The topological polar surface area (TPSA) is 200 Å². The molecule has 228 valence electrons. The SMILES string of the molecule is NC(=O)N(NC(=O)CCCC(=O)NN(C(N)=O)c1ccc(N=Nc2ccccc2)cc1)c1ccc(N=Nc2ccccc2)cc1. The van der Waals surface area contributed by atoms with Crippen molar-refractivity contribution in [3.8, 4) is 0 Å². The largest absolute Gasteiger partial charge is 0.350 e. The first-order valence-corrected chi connectivity index (χ1v) is 13.7. The van der Waals surface area contributed by atoms with E-state index in [-0.39, 0.29) is 19.3 Å². The number of nitrogens with two attached hydrogens (primary N) is 2. The summed E-state index contributed by atoms with van der Waals surface area (Å²) in [7, 11) is 0. The van der Waals surface area contributed by atoms with E-state index in [0.717, 1.165) is 10.0 Å². The van der Waals surface area contributed by atoms with Crippen LogP contribution in [0.2, 0.25) is 0 Å². The van der Waals surface area contributed by atoms with Gasteiger partial charge in [-0.15, -0.1) is 0 Å².